The number of carbonyl (C=O) groups excluding carboxylic acids is 1. The number of fused-ring (bicyclic) bond motifs is 2. The zero-order valence-corrected chi connectivity index (χ0v) is 11.6. The molecule has 3 rings (SSSR count). The van der Waals surface area contributed by atoms with Crippen molar-refractivity contribution in [2.75, 3.05) is 6.61 Å². The van der Waals surface area contributed by atoms with Gasteiger partial charge in [-0.15, -0.1) is 0 Å². The molecule has 0 aliphatic heterocycles. The van der Waals surface area contributed by atoms with Crippen LogP contribution in [-0.2, 0) is 0 Å². The summed E-state index contributed by atoms with van der Waals surface area (Å²) in [6.45, 7) is 1.87. The Morgan fingerprint density at radius 3 is 2.85 bits per heavy atom. The molecule has 0 heterocycles. The molecule has 1 aromatic carbocycles. The topological polar surface area (TPSA) is 49.3 Å². The Kier molecular flexibility index (Phi) is 3.50. The number of carbonyl (C=O) groups is 1. The van der Waals surface area contributed by atoms with Crippen molar-refractivity contribution < 1.29 is 14.3 Å². The Balaban J connectivity index is 1.75. The first kappa shape index (κ1) is 13.6. The van der Waals surface area contributed by atoms with E-state index in [1.54, 1.807) is 6.92 Å². The highest BCUT2D eigenvalue weighted by atomic mass is 19.1. The van der Waals surface area contributed by atoms with Crippen LogP contribution < -0.4 is 5.32 Å². The monoisotopic (exact) mass is 277 g/mol. The maximum absolute atomic E-state index is 13.1. The first-order valence-electron chi connectivity index (χ1n) is 7.28. The van der Waals surface area contributed by atoms with Crippen LogP contribution >= 0.6 is 0 Å². The Hall–Kier alpha value is -1.42. The van der Waals surface area contributed by atoms with Crippen molar-refractivity contribution in [2.45, 2.75) is 32.2 Å². The highest BCUT2D eigenvalue weighted by Crippen LogP contribution is 2.48. The molecule has 108 valence electrons. The highest BCUT2D eigenvalue weighted by molar-refractivity contribution is 5.95. The van der Waals surface area contributed by atoms with Crippen molar-refractivity contribution in [1.29, 1.82) is 0 Å². The molecular weight excluding hydrogens is 257 g/mol. The molecule has 2 aliphatic carbocycles. The Bertz CT molecular complexity index is 531. The molecule has 2 fully saturated rings. The van der Waals surface area contributed by atoms with Gasteiger partial charge in [0.15, 0.2) is 0 Å². The number of hydrogen-bond donors (Lipinski definition) is 2. The van der Waals surface area contributed by atoms with E-state index in [1.807, 2.05) is 0 Å². The van der Waals surface area contributed by atoms with Crippen LogP contribution in [0.15, 0.2) is 18.2 Å². The summed E-state index contributed by atoms with van der Waals surface area (Å²) in [6.07, 6.45) is 3.41. The van der Waals surface area contributed by atoms with Crippen LogP contribution in [-0.4, -0.2) is 23.7 Å². The lowest BCUT2D eigenvalue weighted by Gasteiger charge is -2.30. The van der Waals surface area contributed by atoms with Gasteiger partial charge in [0.25, 0.3) is 5.91 Å². The quantitative estimate of drug-likeness (QED) is 0.890. The normalized spacial score (nSPS) is 31.6. The smallest absolute Gasteiger partial charge is 0.251 e. The van der Waals surface area contributed by atoms with Crippen molar-refractivity contribution >= 4 is 5.91 Å². The van der Waals surface area contributed by atoms with Crippen LogP contribution in [0.3, 0.4) is 0 Å². The summed E-state index contributed by atoms with van der Waals surface area (Å²) in [5.41, 5.74) is 1.16. The number of aliphatic hydroxyl groups is 1. The average molecular weight is 277 g/mol. The molecule has 0 radical (unpaired) electrons. The third-order valence-corrected chi connectivity index (χ3v) is 5.03. The van der Waals surface area contributed by atoms with Crippen molar-refractivity contribution in [3.8, 4) is 0 Å². The van der Waals surface area contributed by atoms with E-state index in [9.17, 15) is 14.3 Å². The number of hydrogen-bond acceptors (Lipinski definition) is 2. The SMILES string of the molecule is Cc1cc(F)ccc1C(=O)NC1C2CCC(C2)C1CO. The molecule has 2 saturated carbocycles. The lowest BCUT2D eigenvalue weighted by Crippen LogP contribution is -2.45. The van der Waals surface area contributed by atoms with Gasteiger partial charge in [-0.2, -0.15) is 0 Å². The molecule has 4 atom stereocenters. The first-order chi connectivity index (χ1) is 9.60. The molecule has 1 aromatic rings. The van der Waals surface area contributed by atoms with E-state index in [4.69, 9.17) is 0 Å². The van der Waals surface area contributed by atoms with Crippen molar-refractivity contribution in [3.63, 3.8) is 0 Å². The number of benzene rings is 1. The zero-order valence-electron chi connectivity index (χ0n) is 11.6. The second-order valence-electron chi connectivity index (χ2n) is 6.14. The molecule has 2 N–H and O–H groups in total. The molecule has 3 nitrogen and oxygen atoms in total. The van der Waals surface area contributed by atoms with Gasteiger partial charge >= 0.3 is 0 Å². The summed E-state index contributed by atoms with van der Waals surface area (Å²) >= 11 is 0. The van der Waals surface area contributed by atoms with E-state index in [-0.39, 0.29) is 30.3 Å². The third kappa shape index (κ3) is 2.22. The van der Waals surface area contributed by atoms with Crippen LogP contribution in [0, 0.1) is 30.5 Å². The van der Waals surface area contributed by atoms with E-state index in [0.717, 1.165) is 19.3 Å². The van der Waals surface area contributed by atoms with Crippen molar-refractivity contribution in [2.24, 2.45) is 17.8 Å². The lowest BCUT2D eigenvalue weighted by molar-refractivity contribution is 0.0861. The number of aryl methyl sites for hydroxylation is 1. The van der Waals surface area contributed by atoms with Gasteiger partial charge in [0.05, 0.1) is 0 Å². The van der Waals surface area contributed by atoms with Gasteiger partial charge < -0.3 is 10.4 Å². The number of halogens is 1. The van der Waals surface area contributed by atoms with E-state index in [1.165, 1.54) is 18.2 Å². The van der Waals surface area contributed by atoms with Gasteiger partial charge in [-0.05, 0) is 61.8 Å². The summed E-state index contributed by atoms with van der Waals surface area (Å²) in [6, 6.07) is 4.28. The Morgan fingerprint density at radius 1 is 1.40 bits per heavy atom. The summed E-state index contributed by atoms with van der Waals surface area (Å²) < 4.78 is 13.1. The maximum Gasteiger partial charge on any atom is 0.251 e. The summed E-state index contributed by atoms with van der Waals surface area (Å²) in [5.74, 6) is 0.732. The predicted octanol–water partition coefficient (Wildman–Crippen LogP) is 2.27. The van der Waals surface area contributed by atoms with Gasteiger partial charge in [0, 0.05) is 24.1 Å². The van der Waals surface area contributed by atoms with E-state index in [0.29, 0.717) is 23.0 Å². The summed E-state index contributed by atoms with van der Waals surface area (Å²) in [5, 5.41) is 12.6. The maximum atomic E-state index is 13.1. The highest BCUT2D eigenvalue weighted by Gasteiger charge is 2.47. The summed E-state index contributed by atoms with van der Waals surface area (Å²) in [7, 11) is 0. The first-order valence-corrected chi connectivity index (χ1v) is 7.28. The van der Waals surface area contributed by atoms with Crippen LogP contribution in [0.2, 0.25) is 0 Å². The van der Waals surface area contributed by atoms with Gasteiger partial charge in [0.1, 0.15) is 5.82 Å². The fourth-order valence-corrected chi connectivity index (χ4v) is 4.01. The Morgan fingerprint density at radius 2 is 2.15 bits per heavy atom. The van der Waals surface area contributed by atoms with Crippen LogP contribution in [0.25, 0.3) is 0 Å². The number of aliphatic hydroxyl groups excluding tert-OH is 1. The lowest BCUT2D eigenvalue weighted by atomic mass is 9.85. The fourth-order valence-electron chi connectivity index (χ4n) is 4.01. The number of amides is 1. The van der Waals surface area contributed by atoms with Gasteiger partial charge in [-0.1, -0.05) is 0 Å². The molecule has 0 spiro atoms. The Labute approximate surface area is 118 Å². The van der Waals surface area contributed by atoms with Crippen molar-refractivity contribution in [1.82, 2.24) is 5.32 Å². The minimum Gasteiger partial charge on any atom is -0.396 e. The fraction of sp³-hybridized carbons (Fsp3) is 0.562. The second kappa shape index (κ2) is 5.17. The summed E-state index contributed by atoms with van der Waals surface area (Å²) in [4.78, 5) is 12.4. The second-order valence-corrected chi connectivity index (χ2v) is 6.14. The van der Waals surface area contributed by atoms with Crippen molar-refractivity contribution in [3.05, 3.63) is 35.1 Å². The van der Waals surface area contributed by atoms with Crippen LogP contribution in [0.5, 0.6) is 0 Å². The molecule has 20 heavy (non-hydrogen) atoms. The average Bonchev–Trinajstić information content (AvgIpc) is 2.99. The molecule has 2 aliphatic rings. The van der Waals surface area contributed by atoms with E-state index in [2.05, 4.69) is 5.32 Å². The minimum atomic E-state index is -0.327. The number of rotatable bonds is 3. The van der Waals surface area contributed by atoms with E-state index < -0.39 is 0 Å². The van der Waals surface area contributed by atoms with Crippen LogP contribution in [0.4, 0.5) is 4.39 Å². The molecule has 2 bridgehead atoms. The zero-order chi connectivity index (χ0) is 14.3. The third-order valence-electron chi connectivity index (χ3n) is 5.03. The molecule has 4 heteroatoms. The molecule has 0 saturated heterocycles. The molecular formula is C16H20FNO2. The number of nitrogens with one attached hydrogen (secondary N) is 1. The largest absolute Gasteiger partial charge is 0.396 e. The molecule has 1 amide bonds. The minimum absolute atomic E-state index is 0.0655. The van der Waals surface area contributed by atoms with Gasteiger partial charge in [-0.25, -0.2) is 4.39 Å². The van der Waals surface area contributed by atoms with Gasteiger partial charge in [0.2, 0.25) is 0 Å². The molecule has 0 aromatic heterocycles. The predicted molar refractivity (Wildman–Crippen MR) is 73.8 cm³/mol. The van der Waals surface area contributed by atoms with E-state index >= 15 is 0 Å². The van der Waals surface area contributed by atoms with Gasteiger partial charge in [-0.3, -0.25) is 4.79 Å². The van der Waals surface area contributed by atoms with Crippen LogP contribution in [0.1, 0.15) is 35.2 Å². The molecule has 4 unspecified atom stereocenters. The standard InChI is InChI=1S/C16H20FNO2/c1-9-6-12(17)4-5-13(9)16(20)18-15-11-3-2-10(7-11)14(15)8-19/h4-6,10-11,14-15,19H,2-3,7-8H2,1H3,(H,18,20).